The van der Waals surface area contributed by atoms with Crippen LogP contribution in [0.2, 0.25) is 0 Å². The van der Waals surface area contributed by atoms with Crippen molar-refractivity contribution in [3.05, 3.63) is 108 Å². The number of anilines is 1. The summed E-state index contributed by atoms with van der Waals surface area (Å²) in [5.74, 6) is -2.44. The maximum atomic E-state index is 13.6. The van der Waals surface area contributed by atoms with Crippen LogP contribution in [0.3, 0.4) is 0 Å². The molecule has 8 nitrogen and oxygen atoms in total. The van der Waals surface area contributed by atoms with E-state index in [1.54, 1.807) is 42.5 Å². The number of nitrogens with two attached hydrogens (primary N) is 1. The molecule has 4 aromatic carbocycles. The van der Waals surface area contributed by atoms with Gasteiger partial charge >= 0.3 is 0 Å². The third kappa shape index (κ3) is 6.55. The van der Waals surface area contributed by atoms with Gasteiger partial charge in [0.1, 0.15) is 0 Å². The molecule has 0 aromatic heterocycles. The molecule has 0 saturated carbocycles. The van der Waals surface area contributed by atoms with Gasteiger partial charge in [0, 0.05) is 17.0 Å². The fraction of sp³-hybridized carbons (Fsp3) is 0.194. The van der Waals surface area contributed by atoms with Crippen LogP contribution < -0.4 is 15.8 Å². The molecule has 0 aliphatic heterocycles. The van der Waals surface area contributed by atoms with E-state index >= 15 is 0 Å². The normalized spacial score (nSPS) is 12.0. The van der Waals surface area contributed by atoms with E-state index in [1.807, 2.05) is 31.2 Å². The summed E-state index contributed by atoms with van der Waals surface area (Å²) < 4.78 is 29.6. The topological polar surface area (TPSA) is 135 Å². The summed E-state index contributed by atoms with van der Waals surface area (Å²) in [4.78, 5) is 38.6. The molecule has 9 heteroatoms. The number of hydrogen-bond acceptors (Lipinski definition) is 5. The Labute approximate surface area is 233 Å². The molecule has 4 rings (SSSR count). The summed E-state index contributed by atoms with van der Waals surface area (Å²) in [6.07, 6.45) is 1.73. The number of primary amides is 1. The molecule has 0 bridgehead atoms. The monoisotopic (exact) mass is 557 g/mol. The molecular weight excluding hydrogens is 526 g/mol. The molecule has 1 atom stereocenters. The van der Waals surface area contributed by atoms with Crippen LogP contribution >= 0.6 is 0 Å². The van der Waals surface area contributed by atoms with E-state index < -0.39 is 27.8 Å². The number of ketones is 1. The summed E-state index contributed by atoms with van der Waals surface area (Å²) in [5, 5.41) is 4.28. The lowest BCUT2D eigenvalue weighted by Crippen LogP contribution is -2.33. The number of sulfonamides is 1. The van der Waals surface area contributed by atoms with Crippen molar-refractivity contribution in [1.29, 1.82) is 0 Å². The van der Waals surface area contributed by atoms with Crippen molar-refractivity contribution in [2.24, 2.45) is 5.73 Å². The van der Waals surface area contributed by atoms with Gasteiger partial charge in [-0.3, -0.25) is 19.1 Å². The van der Waals surface area contributed by atoms with Gasteiger partial charge in [-0.05, 0) is 59.2 Å². The number of unbranched alkanes of at least 4 members (excludes halogenated alkanes) is 1. The van der Waals surface area contributed by atoms with Crippen LogP contribution in [0, 0.1) is 0 Å². The summed E-state index contributed by atoms with van der Waals surface area (Å²) in [6, 6.07) is 25.2. The van der Waals surface area contributed by atoms with Gasteiger partial charge in [0.2, 0.25) is 5.91 Å². The van der Waals surface area contributed by atoms with Gasteiger partial charge in [-0.25, -0.2) is 8.42 Å². The molecule has 0 radical (unpaired) electrons. The SMILES string of the molecule is CCCCC(C(=O)CNC(=O)c1ccccc1)c1c(NS(=O)(=O)c2ccc3ccccc3c2)cccc1C(N)=O. The number of nitrogens with one attached hydrogen (secondary N) is 2. The second-order valence-corrected chi connectivity index (χ2v) is 11.1. The third-order valence-electron chi connectivity index (χ3n) is 6.69. The van der Waals surface area contributed by atoms with Crippen molar-refractivity contribution >= 4 is 44.1 Å². The Bertz CT molecular complexity index is 1650. The summed E-state index contributed by atoms with van der Waals surface area (Å²) in [6.45, 7) is 1.66. The van der Waals surface area contributed by atoms with Gasteiger partial charge < -0.3 is 11.1 Å². The van der Waals surface area contributed by atoms with Crippen molar-refractivity contribution in [2.45, 2.75) is 37.0 Å². The molecule has 0 heterocycles. The molecule has 1 unspecified atom stereocenters. The van der Waals surface area contributed by atoms with Crippen LogP contribution in [0.4, 0.5) is 5.69 Å². The van der Waals surface area contributed by atoms with Crippen molar-refractivity contribution in [2.75, 3.05) is 11.3 Å². The summed E-state index contributed by atoms with van der Waals surface area (Å²) >= 11 is 0. The zero-order valence-corrected chi connectivity index (χ0v) is 22.9. The Morgan fingerprint density at radius 2 is 1.55 bits per heavy atom. The zero-order valence-electron chi connectivity index (χ0n) is 22.1. The second kappa shape index (κ2) is 12.6. The average Bonchev–Trinajstić information content (AvgIpc) is 2.96. The number of carbonyl (C=O) groups excluding carboxylic acids is 3. The number of benzene rings is 4. The Morgan fingerprint density at radius 1 is 0.850 bits per heavy atom. The Kier molecular flexibility index (Phi) is 8.96. The maximum Gasteiger partial charge on any atom is 0.261 e. The van der Waals surface area contributed by atoms with Crippen molar-refractivity contribution < 1.29 is 22.8 Å². The lowest BCUT2D eigenvalue weighted by Gasteiger charge is -2.23. The van der Waals surface area contributed by atoms with Crippen molar-refractivity contribution in [3.8, 4) is 0 Å². The smallest absolute Gasteiger partial charge is 0.261 e. The molecular formula is C31H31N3O5S. The van der Waals surface area contributed by atoms with Gasteiger partial charge in [0.05, 0.1) is 17.1 Å². The second-order valence-electron chi connectivity index (χ2n) is 9.46. The van der Waals surface area contributed by atoms with Crippen LogP contribution in [-0.4, -0.2) is 32.6 Å². The van der Waals surface area contributed by atoms with E-state index in [1.165, 1.54) is 24.3 Å². The van der Waals surface area contributed by atoms with Crippen LogP contribution in [-0.2, 0) is 14.8 Å². The Balaban J connectivity index is 1.69. The van der Waals surface area contributed by atoms with Crippen LogP contribution in [0.15, 0.2) is 95.9 Å². The number of carbonyl (C=O) groups is 3. The predicted octanol–water partition coefficient (Wildman–Crippen LogP) is 5.01. The number of amides is 2. The number of Topliss-reactive ketones (excluding diaryl/α,β-unsaturated/α-hetero) is 1. The lowest BCUT2D eigenvalue weighted by molar-refractivity contribution is -0.119. The fourth-order valence-corrected chi connectivity index (χ4v) is 5.75. The lowest BCUT2D eigenvalue weighted by atomic mass is 9.85. The molecule has 0 aliphatic rings. The fourth-order valence-electron chi connectivity index (χ4n) is 4.64. The first-order valence-electron chi connectivity index (χ1n) is 13.0. The van der Waals surface area contributed by atoms with Crippen LogP contribution in [0.25, 0.3) is 10.8 Å². The minimum atomic E-state index is -4.09. The van der Waals surface area contributed by atoms with E-state index in [0.717, 1.165) is 17.2 Å². The van der Waals surface area contributed by atoms with Crippen molar-refractivity contribution in [3.63, 3.8) is 0 Å². The zero-order chi connectivity index (χ0) is 28.7. The molecule has 0 saturated heterocycles. The minimum Gasteiger partial charge on any atom is -0.366 e. The highest BCUT2D eigenvalue weighted by molar-refractivity contribution is 7.92. The highest BCUT2D eigenvalue weighted by atomic mass is 32.2. The van der Waals surface area contributed by atoms with Gasteiger partial charge in [-0.1, -0.05) is 74.4 Å². The Morgan fingerprint density at radius 3 is 2.25 bits per heavy atom. The highest BCUT2D eigenvalue weighted by Crippen LogP contribution is 2.34. The average molecular weight is 558 g/mol. The molecule has 0 aliphatic carbocycles. The maximum absolute atomic E-state index is 13.6. The number of rotatable bonds is 12. The van der Waals surface area contributed by atoms with Crippen LogP contribution in [0.5, 0.6) is 0 Å². The largest absolute Gasteiger partial charge is 0.366 e. The van der Waals surface area contributed by atoms with Gasteiger partial charge in [0.25, 0.3) is 15.9 Å². The molecule has 0 spiro atoms. The van der Waals surface area contributed by atoms with Gasteiger partial charge in [-0.2, -0.15) is 0 Å². The molecule has 4 N–H and O–H groups in total. The summed E-state index contributed by atoms with van der Waals surface area (Å²) in [5.41, 5.74) is 6.43. The molecule has 40 heavy (non-hydrogen) atoms. The number of fused-ring (bicyclic) bond motifs is 1. The highest BCUT2D eigenvalue weighted by Gasteiger charge is 2.29. The number of hydrogen-bond donors (Lipinski definition) is 3. The first kappa shape index (κ1) is 28.5. The minimum absolute atomic E-state index is 0.0354. The van der Waals surface area contributed by atoms with E-state index in [-0.39, 0.29) is 34.0 Å². The van der Waals surface area contributed by atoms with E-state index in [0.29, 0.717) is 18.4 Å². The Hall–Kier alpha value is -4.50. The standard InChI is InChI=1S/C31H31N3O5S/c1-2-3-14-25(28(35)20-33-31(37)22-11-5-4-6-12-22)29-26(30(32)36)15-9-16-27(29)34-40(38,39)24-18-17-21-10-7-8-13-23(21)19-24/h4-13,15-19,25,34H,2-3,14,20H2,1H3,(H2,32,36)(H,33,37). The molecule has 4 aromatic rings. The molecule has 2 amide bonds. The molecule has 206 valence electrons. The first-order valence-corrected chi connectivity index (χ1v) is 14.5. The summed E-state index contributed by atoms with van der Waals surface area (Å²) in [7, 11) is -4.09. The van der Waals surface area contributed by atoms with Gasteiger partial charge in [0.15, 0.2) is 5.78 Å². The van der Waals surface area contributed by atoms with E-state index in [9.17, 15) is 22.8 Å². The van der Waals surface area contributed by atoms with E-state index in [2.05, 4.69) is 10.0 Å². The van der Waals surface area contributed by atoms with E-state index in [4.69, 9.17) is 5.73 Å². The predicted molar refractivity (Wildman–Crippen MR) is 156 cm³/mol. The van der Waals surface area contributed by atoms with Crippen LogP contribution in [0.1, 0.15) is 58.4 Å². The van der Waals surface area contributed by atoms with Gasteiger partial charge in [-0.15, -0.1) is 0 Å². The first-order chi connectivity index (χ1) is 19.2. The molecule has 0 fully saturated rings. The third-order valence-corrected chi connectivity index (χ3v) is 8.05. The quantitative estimate of drug-likeness (QED) is 0.225. The van der Waals surface area contributed by atoms with Crippen molar-refractivity contribution in [1.82, 2.24) is 5.32 Å².